The summed E-state index contributed by atoms with van der Waals surface area (Å²) in [5.74, 6) is -1.40. The molecule has 122 valence electrons. The molecule has 0 radical (unpaired) electrons. The zero-order valence-corrected chi connectivity index (χ0v) is 12.8. The highest BCUT2D eigenvalue weighted by atomic mass is 16.3. The van der Waals surface area contributed by atoms with Gasteiger partial charge in [-0.3, -0.25) is 9.59 Å². The normalized spacial score (nSPS) is 12.7. The van der Waals surface area contributed by atoms with Crippen molar-refractivity contribution in [3.05, 3.63) is 71.3 Å². The van der Waals surface area contributed by atoms with Crippen LogP contribution in [0.15, 0.2) is 54.6 Å². The van der Waals surface area contributed by atoms with Gasteiger partial charge in [0.1, 0.15) is 6.04 Å². The van der Waals surface area contributed by atoms with E-state index in [2.05, 4.69) is 5.32 Å². The van der Waals surface area contributed by atoms with Crippen LogP contribution in [-0.2, 0) is 16.0 Å². The summed E-state index contributed by atoms with van der Waals surface area (Å²) in [6.45, 7) is 0. The Labute approximate surface area is 139 Å². The van der Waals surface area contributed by atoms with Crippen molar-refractivity contribution in [3.8, 4) is 6.07 Å². The van der Waals surface area contributed by atoms with Crippen molar-refractivity contribution in [2.75, 3.05) is 0 Å². The fourth-order valence-corrected chi connectivity index (χ4v) is 2.21. The molecule has 0 aliphatic heterocycles. The zero-order chi connectivity index (χ0) is 17.5. The van der Waals surface area contributed by atoms with E-state index < -0.39 is 24.0 Å². The molecule has 4 N–H and O–H groups in total. The number of carbonyl (C=O) groups excluding carboxylic acids is 2. The van der Waals surface area contributed by atoms with Crippen LogP contribution in [0.2, 0.25) is 0 Å². The highest BCUT2D eigenvalue weighted by Gasteiger charge is 2.24. The molecule has 0 heterocycles. The minimum Gasteiger partial charge on any atom is -0.378 e. The van der Waals surface area contributed by atoms with E-state index in [1.165, 1.54) is 0 Å². The summed E-state index contributed by atoms with van der Waals surface area (Å²) >= 11 is 0. The Morgan fingerprint density at radius 3 is 2.29 bits per heavy atom. The number of nitrogens with two attached hydrogens (primary N) is 1. The number of nitriles is 1. The molecule has 6 nitrogen and oxygen atoms in total. The maximum absolute atomic E-state index is 12.1. The molecule has 0 bridgehead atoms. The minimum absolute atomic E-state index is 0.175. The van der Waals surface area contributed by atoms with Crippen molar-refractivity contribution in [1.29, 1.82) is 5.26 Å². The summed E-state index contributed by atoms with van der Waals surface area (Å²) in [5.41, 5.74) is 7.01. The number of benzene rings is 2. The lowest BCUT2D eigenvalue weighted by Crippen LogP contribution is -2.47. The van der Waals surface area contributed by atoms with Crippen molar-refractivity contribution in [1.82, 2.24) is 5.32 Å². The van der Waals surface area contributed by atoms with Crippen LogP contribution in [0.1, 0.15) is 22.8 Å². The quantitative estimate of drug-likeness (QED) is 0.729. The molecule has 2 rings (SSSR count). The monoisotopic (exact) mass is 323 g/mol. The maximum Gasteiger partial charge on any atom is 0.254 e. The van der Waals surface area contributed by atoms with Crippen LogP contribution >= 0.6 is 0 Å². The Morgan fingerprint density at radius 1 is 1.12 bits per heavy atom. The number of aliphatic hydroxyl groups is 1. The van der Waals surface area contributed by atoms with Gasteiger partial charge >= 0.3 is 0 Å². The number of hydrogen-bond acceptors (Lipinski definition) is 4. The molecule has 2 amide bonds. The second kappa shape index (κ2) is 7.90. The highest BCUT2D eigenvalue weighted by Crippen LogP contribution is 2.13. The van der Waals surface area contributed by atoms with E-state index in [-0.39, 0.29) is 6.42 Å². The molecule has 0 spiro atoms. The average molecular weight is 323 g/mol. The van der Waals surface area contributed by atoms with E-state index >= 15 is 0 Å². The first-order valence-corrected chi connectivity index (χ1v) is 7.33. The molecule has 0 aromatic heterocycles. The van der Waals surface area contributed by atoms with E-state index in [9.17, 15) is 14.7 Å². The third-order valence-corrected chi connectivity index (χ3v) is 3.55. The lowest BCUT2D eigenvalue weighted by atomic mass is 10.0. The summed E-state index contributed by atoms with van der Waals surface area (Å²) in [4.78, 5) is 23.7. The number of nitrogens with zero attached hydrogens (tertiary/aromatic N) is 1. The van der Waals surface area contributed by atoms with Crippen LogP contribution < -0.4 is 11.1 Å². The van der Waals surface area contributed by atoms with Crippen molar-refractivity contribution in [3.63, 3.8) is 0 Å². The van der Waals surface area contributed by atoms with Crippen LogP contribution in [0.3, 0.4) is 0 Å². The molecule has 2 aromatic carbocycles. The maximum atomic E-state index is 12.1. The fourth-order valence-electron chi connectivity index (χ4n) is 2.21. The number of hydrogen-bond donors (Lipinski definition) is 3. The second-order valence-electron chi connectivity index (χ2n) is 5.29. The van der Waals surface area contributed by atoms with E-state index in [4.69, 9.17) is 11.0 Å². The first kappa shape index (κ1) is 17.2. The third kappa shape index (κ3) is 4.41. The van der Waals surface area contributed by atoms with Gasteiger partial charge < -0.3 is 16.2 Å². The molecule has 0 saturated carbocycles. The van der Waals surface area contributed by atoms with E-state index in [0.717, 1.165) is 5.56 Å². The molecule has 2 atom stereocenters. The van der Waals surface area contributed by atoms with Gasteiger partial charge in [-0.2, -0.15) is 5.26 Å². The number of carbonyl (C=O) groups is 2. The van der Waals surface area contributed by atoms with Crippen LogP contribution in [0.4, 0.5) is 0 Å². The molecular weight excluding hydrogens is 306 g/mol. The van der Waals surface area contributed by atoms with Gasteiger partial charge in [0.15, 0.2) is 6.10 Å². The summed E-state index contributed by atoms with van der Waals surface area (Å²) < 4.78 is 0. The first-order valence-electron chi connectivity index (χ1n) is 7.33. The van der Waals surface area contributed by atoms with Gasteiger partial charge in [-0.25, -0.2) is 0 Å². The van der Waals surface area contributed by atoms with Crippen molar-refractivity contribution in [2.24, 2.45) is 5.73 Å². The number of nitrogens with one attached hydrogen (secondary N) is 1. The predicted molar refractivity (Wildman–Crippen MR) is 87.4 cm³/mol. The Bertz CT molecular complexity index is 751. The number of primary amides is 1. The smallest absolute Gasteiger partial charge is 0.254 e. The molecular formula is C18H17N3O3. The average Bonchev–Trinajstić information content (AvgIpc) is 2.61. The van der Waals surface area contributed by atoms with Crippen LogP contribution in [0, 0.1) is 11.3 Å². The number of amides is 2. The van der Waals surface area contributed by atoms with Crippen LogP contribution in [0.5, 0.6) is 0 Å². The number of aliphatic hydroxyl groups excluding tert-OH is 1. The Kier molecular flexibility index (Phi) is 5.66. The predicted octanol–water partition coefficient (Wildman–Crippen LogP) is 0.804. The molecule has 0 aliphatic carbocycles. The van der Waals surface area contributed by atoms with Gasteiger partial charge in [-0.1, -0.05) is 42.5 Å². The molecule has 6 heteroatoms. The molecule has 0 aliphatic rings. The molecule has 24 heavy (non-hydrogen) atoms. The highest BCUT2D eigenvalue weighted by molar-refractivity contribution is 5.89. The standard InChI is InChI=1S/C18H17N3O3/c19-11-13-8-6-12(7-9-13)10-15(17(20)23)21-18(24)16(22)14-4-2-1-3-5-14/h1-9,15-16,22H,10H2,(H2,20,23)(H,21,24)/t15-,16-/m0/s1. The summed E-state index contributed by atoms with van der Waals surface area (Å²) in [6, 6.07) is 16.1. The van der Waals surface area contributed by atoms with Crippen molar-refractivity contribution in [2.45, 2.75) is 18.6 Å². The summed E-state index contributed by atoms with van der Waals surface area (Å²) in [6.07, 6.45) is -1.21. The Hall–Kier alpha value is -3.17. The van der Waals surface area contributed by atoms with Gasteiger partial charge in [-0.05, 0) is 23.3 Å². The third-order valence-electron chi connectivity index (χ3n) is 3.55. The lowest BCUT2D eigenvalue weighted by Gasteiger charge is -2.18. The van der Waals surface area contributed by atoms with Gasteiger partial charge in [0.05, 0.1) is 11.6 Å². The SMILES string of the molecule is N#Cc1ccc(C[C@H](NC(=O)[C@@H](O)c2ccccc2)C(N)=O)cc1. The first-order chi connectivity index (χ1) is 11.5. The summed E-state index contributed by atoms with van der Waals surface area (Å²) in [7, 11) is 0. The zero-order valence-electron chi connectivity index (χ0n) is 12.8. The van der Waals surface area contributed by atoms with E-state index in [1.807, 2.05) is 6.07 Å². The minimum atomic E-state index is -1.38. The van der Waals surface area contributed by atoms with Crippen LogP contribution in [-0.4, -0.2) is 23.0 Å². The lowest BCUT2D eigenvalue weighted by molar-refractivity contribution is -0.133. The molecule has 2 aromatic rings. The molecule has 0 fully saturated rings. The van der Waals surface area contributed by atoms with Gasteiger partial charge in [0.2, 0.25) is 5.91 Å². The summed E-state index contributed by atoms with van der Waals surface area (Å²) in [5, 5.41) is 21.3. The van der Waals surface area contributed by atoms with Gasteiger partial charge in [0, 0.05) is 6.42 Å². The molecule has 0 saturated heterocycles. The van der Waals surface area contributed by atoms with E-state index in [0.29, 0.717) is 11.1 Å². The topological polar surface area (TPSA) is 116 Å². The number of rotatable bonds is 6. The largest absolute Gasteiger partial charge is 0.378 e. The fraction of sp³-hybridized carbons (Fsp3) is 0.167. The van der Waals surface area contributed by atoms with Crippen molar-refractivity contribution < 1.29 is 14.7 Å². The Morgan fingerprint density at radius 2 is 1.75 bits per heavy atom. The van der Waals surface area contributed by atoms with Crippen LogP contribution in [0.25, 0.3) is 0 Å². The van der Waals surface area contributed by atoms with Crippen molar-refractivity contribution >= 4 is 11.8 Å². The molecule has 0 unspecified atom stereocenters. The second-order valence-corrected chi connectivity index (χ2v) is 5.29. The van der Waals surface area contributed by atoms with Gasteiger partial charge in [0.25, 0.3) is 5.91 Å². The van der Waals surface area contributed by atoms with Gasteiger partial charge in [-0.15, -0.1) is 0 Å². The van der Waals surface area contributed by atoms with E-state index in [1.54, 1.807) is 54.6 Å². The Balaban J connectivity index is 2.06.